The van der Waals surface area contributed by atoms with Crippen LogP contribution in [0, 0.1) is 0 Å². The molecule has 0 saturated carbocycles. The highest BCUT2D eigenvalue weighted by molar-refractivity contribution is 7.80. The van der Waals surface area contributed by atoms with E-state index in [0.717, 1.165) is 13.0 Å². The smallest absolute Gasteiger partial charge is 0.0473 e. The highest BCUT2D eigenvalue weighted by atomic mass is 32.1. The number of hydrogen-bond acceptors (Lipinski definition) is 3. The maximum atomic E-state index is 4.22. The summed E-state index contributed by atoms with van der Waals surface area (Å²) in [7, 11) is 0. The average Bonchev–Trinajstić information content (AvgIpc) is 2.39. The molecule has 0 aromatic carbocycles. The van der Waals surface area contributed by atoms with Crippen molar-refractivity contribution < 1.29 is 0 Å². The molecule has 0 radical (unpaired) electrons. The van der Waals surface area contributed by atoms with Crippen LogP contribution in [0.4, 0.5) is 0 Å². The van der Waals surface area contributed by atoms with Crippen molar-refractivity contribution in [2.45, 2.75) is 18.7 Å². The zero-order chi connectivity index (χ0) is 8.10. The highest BCUT2D eigenvalue weighted by Crippen LogP contribution is 2.08. The van der Waals surface area contributed by atoms with Crippen molar-refractivity contribution in [3.05, 3.63) is 22.4 Å². The van der Waals surface area contributed by atoms with Crippen LogP contribution in [-0.4, -0.2) is 11.9 Å². The van der Waals surface area contributed by atoms with Gasteiger partial charge in [0.2, 0.25) is 0 Å². The maximum absolute atomic E-state index is 4.22. The minimum atomic E-state index is 0.301. The van der Waals surface area contributed by atoms with Gasteiger partial charge in [-0.25, -0.2) is 0 Å². The fraction of sp³-hybridized carbons (Fsp3) is 0.500. The lowest BCUT2D eigenvalue weighted by atomic mass is 10.3. The standard InChI is InChI=1S/C8H13NS2/c1-7(10)9-5-4-8-3-2-6-11-8/h2-3,6-7,9-10H,4-5H2,1H3. The van der Waals surface area contributed by atoms with Gasteiger partial charge in [0.05, 0.1) is 0 Å². The van der Waals surface area contributed by atoms with E-state index in [1.54, 1.807) is 0 Å². The topological polar surface area (TPSA) is 12.0 Å². The summed E-state index contributed by atoms with van der Waals surface area (Å²) in [4.78, 5) is 1.44. The summed E-state index contributed by atoms with van der Waals surface area (Å²) in [6.45, 7) is 3.06. The first-order valence-electron chi connectivity index (χ1n) is 3.73. The number of rotatable bonds is 4. The minimum absolute atomic E-state index is 0.301. The normalized spacial score (nSPS) is 13.3. The first-order chi connectivity index (χ1) is 5.29. The van der Waals surface area contributed by atoms with Crippen molar-refractivity contribution in [3.8, 4) is 0 Å². The molecule has 11 heavy (non-hydrogen) atoms. The second-order valence-corrected chi connectivity index (χ2v) is 4.27. The molecule has 0 aliphatic rings. The van der Waals surface area contributed by atoms with Gasteiger partial charge < -0.3 is 5.32 Å². The van der Waals surface area contributed by atoms with Crippen LogP contribution in [0.5, 0.6) is 0 Å². The molecular formula is C8H13NS2. The Bertz CT molecular complexity index is 182. The van der Waals surface area contributed by atoms with Crippen molar-refractivity contribution in [3.63, 3.8) is 0 Å². The Kier molecular flexibility index (Phi) is 3.97. The van der Waals surface area contributed by atoms with Gasteiger partial charge in [-0.3, -0.25) is 0 Å². The number of hydrogen-bond donors (Lipinski definition) is 2. The van der Waals surface area contributed by atoms with E-state index in [9.17, 15) is 0 Å². The lowest BCUT2D eigenvalue weighted by Crippen LogP contribution is -2.22. The van der Waals surface area contributed by atoms with Gasteiger partial charge in [0.15, 0.2) is 0 Å². The summed E-state index contributed by atoms with van der Waals surface area (Å²) in [5.41, 5.74) is 0. The number of thiol groups is 1. The predicted molar refractivity (Wildman–Crippen MR) is 54.5 cm³/mol. The van der Waals surface area contributed by atoms with Crippen molar-refractivity contribution in [1.82, 2.24) is 5.32 Å². The van der Waals surface area contributed by atoms with Crippen LogP contribution >= 0.6 is 24.0 Å². The first kappa shape index (κ1) is 9.10. The van der Waals surface area contributed by atoms with Crippen LogP contribution in [0.25, 0.3) is 0 Å². The molecule has 0 aliphatic heterocycles. The molecule has 1 aromatic heterocycles. The molecule has 1 N–H and O–H groups in total. The van der Waals surface area contributed by atoms with Gasteiger partial charge in [0.25, 0.3) is 0 Å². The molecule has 1 rings (SSSR count). The van der Waals surface area contributed by atoms with E-state index < -0.39 is 0 Å². The van der Waals surface area contributed by atoms with Crippen LogP contribution in [0.1, 0.15) is 11.8 Å². The van der Waals surface area contributed by atoms with Crippen molar-refractivity contribution >= 4 is 24.0 Å². The molecular weight excluding hydrogens is 174 g/mol. The van der Waals surface area contributed by atoms with E-state index in [0.29, 0.717) is 5.37 Å². The Morgan fingerprint density at radius 2 is 2.55 bits per heavy atom. The Balaban J connectivity index is 2.14. The third kappa shape index (κ3) is 3.79. The number of thiophene rings is 1. The zero-order valence-corrected chi connectivity index (χ0v) is 8.29. The van der Waals surface area contributed by atoms with E-state index in [-0.39, 0.29) is 0 Å². The Labute approximate surface area is 77.2 Å². The molecule has 0 saturated heterocycles. The molecule has 0 amide bonds. The fourth-order valence-corrected chi connectivity index (χ4v) is 1.70. The van der Waals surface area contributed by atoms with Crippen LogP contribution in [0.3, 0.4) is 0 Å². The van der Waals surface area contributed by atoms with Crippen molar-refractivity contribution in [2.75, 3.05) is 6.54 Å². The third-order valence-electron chi connectivity index (χ3n) is 1.39. The summed E-state index contributed by atoms with van der Waals surface area (Å²) >= 11 is 6.03. The summed E-state index contributed by atoms with van der Waals surface area (Å²) < 4.78 is 0. The third-order valence-corrected chi connectivity index (χ3v) is 2.51. The van der Waals surface area contributed by atoms with E-state index in [1.807, 2.05) is 18.3 Å². The monoisotopic (exact) mass is 187 g/mol. The summed E-state index contributed by atoms with van der Waals surface area (Å²) in [5.74, 6) is 0. The second kappa shape index (κ2) is 4.80. The van der Waals surface area contributed by atoms with E-state index in [1.165, 1.54) is 4.88 Å². The fourth-order valence-electron chi connectivity index (χ4n) is 0.859. The first-order valence-corrected chi connectivity index (χ1v) is 5.12. The van der Waals surface area contributed by atoms with Gasteiger partial charge >= 0.3 is 0 Å². The highest BCUT2D eigenvalue weighted by Gasteiger charge is 1.94. The Morgan fingerprint density at radius 1 is 1.73 bits per heavy atom. The maximum Gasteiger partial charge on any atom is 0.0473 e. The van der Waals surface area contributed by atoms with Crippen LogP contribution in [-0.2, 0) is 6.42 Å². The van der Waals surface area contributed by atoms with Gasteiger partial charge in [0.1, 0.15) is 0 Å². The molecule has 1 heterocycles. The molecule has 0 aliphatic carbocycles. The Hall–Kier alpha value is 0.01000. The zero-order valence-electron chi connectivity index (χ0n) is 6.58. The predicted octanol–water partition coefficient (Wildman–Crippen LogP) is 2.16. The van der Waals surface area contributed by atoms with Crippen molar-refractivity contribution in [1.29, 1.82) is 0 Å². The molecule has 62 valence electrons. The minimum Gasteiger partial charge on any atom is -0.305 e. The lowest BCUT2D eigenvalue weighted by Gasteiger charge is -2.04. The summed E-state index contributed by atoms with van der Waals surface area (Å²) in [6, 6.07) is 4.25. The van der Waals surface area contributed by atoms with Gasteiger partial charge in [-0.1, -0.05) is 6.07 Å². The van der Waals surface area contributed by atoms with Gasteiger partial charge in [-0.05, 0) is 24.8 Å². The van der Waals surface area contributed by atoms with E-state index in [2.05, 4.69) is 35.5 Å². The summed E-state index contributed by atoms with van der Waals surface area (Å²) in [5, 5.41) is 5.67. The molecule has 0 fully saturated rings. The Morgan fingerprint density at radius 3 is 3.09 bits per heavy atom. The molecule has 0 bridgehead atoms. The van der Waals surface area contributed by atoms with E-state index in [4.69, 9.17) is 0 Å². The molecule has 1 aromatic rings. The van der Waals surface area contributed by atoms with Gasteiger partial charge in [-0.2, -0.15) is 12.6 Å². The largest absolute Gasteiger partial charge is 0.305 e. The average molecular weight is 187 g/mol. The lowest BCUT2D eigenvalue weighted by molar-refractivity contribution is 0.689. The molecule has 1 atom stereocenters. The van der Waals surface area contributed by atoms with Crippen LogP contribution in [0.15, 0.2) is 17.5 Å². The van der Waals surface area contributed by atoms with Crippen molar-refractivity contribution in [2.24, 2.45) is 0 Å². The summed E-state index contributed by atoms with van der Waals surface area (Å²) in [6.07, 6.45) is 1.11. The van der Waals surface area contributed by atoms with Gasteiger partial charge in [0, 0.05) is 16.8 Å². The molecule has 0 spiro atoms. The number of nitrogens with one attached hydrogen (secondary N) is 1. The second-order valence-electron chi connectivity index (χ2n) is 2.46. The molecule has 1 nitrogen and oxygen atoms in total. The quantitative estimate of drug-likeness (QED) is 0.544. The molecule has 3 heteroatoms. The SMILES string of the molecule is CC(S)NCCc1cccs1. The van der Waals surface area contributed by atoms with Crippen LogP contribution in [0.2, 0.25) is 0 Å². The van der Waals surface area contributed by atoms with E-state index >= 15 is 0 Å². The van der Waals surface area contributed by atoms with Gasteiger partial charge in [-0.15, -0.1) is 11.3 Å². The van der Waals surface area contributed by atoms with Crippen LogP contribution < -0.4 is 5.32 Å². The molecule has 1 unspecified atom stereocenters.